The standard InChI is InChI=1S/C13H18BrNO3/c1-9(2-3-16)6-15-7-10-4-12-13(5-11(10)14)18-8-17-12/h4-5,9,15-16H,2-3,6-8H2,1H3. The van der Waals surface area contributed by atoms with Crippen LogP contribution in [0.1, 0.15) is 18.9 Å². The first-order valence-electron chi connectivity index (χ1n) is 6.10. The lowest BCUT2D eigenvalue weighted by atomic mass is 10.1. The van der Waals surface area contributed by atoms with Gasteiger partial charge in [-0.25, -0.2) is 0 Å². The van der Waals surface area contributed by atoms with Gasteiger partial charge >= 0.3 is 0 Å². The smallest absolute Gasteiger partial charge is 0.231 e. The summed E-state index contributed by atoms with van der Waals surface area (Å²) in [6.07, 6.45) is 0.829. The minimum absolute atomic E-state index is 0.247. The van der Waals surface area contributed by atoms with E-state index in [1.165, 1.54) is 0 Å². The highest BCUT2D eigenvalue weighted by Crippen LogP contribution is 2.36. The van der Waals surface area contributed by atoms with Crippen LogP contribution in [0.4, 0.5) is 0 Å². The minimum atomic E-state index is 0.247. The third kappa shape index (κ3) is 3.37. The molecule has 1 atom stereocenters. The van der Waals surface area contributed by atoms with Crippen LogP contribution in [0.2, 0.25) is 0 Å². The predicted octanol–water partition coefficient (Wildman–Crippen LogP) is 2.29. The van der Waals surface area contributed by atoms with Crippen LogP contribution in [-0.4, -0.2) is 25.1 Å². The van der Waals surface area contributed by atoms with Crippen molar-refractivity contribution in [3.63, 3.8) is 0 Å². The van der Waals surface area contributed by atoms with Crippen LogP contribution in [-0.2, 0) is 6.54 Å². The summed E-state index contributed by atoms with van der Waals surface area (Å²) in [4.78, 5) is 0. The van der Waals surface area contributed by atoms with Crippen molar-refractivity contribution in [1.29, 1.82) is 0 Å². The molecule has 0 amide bonds. The molecule has 0 aliphatic carbocycles. The van der Waals surface area contributed by atoms with E-state index in [0.29, 0.717) is 12.7 Å². The van der Waals surface area contributed by atoms with Gasteiger partial charge in [-0.1, -0.05) is 22.9 Å². The van der Waals surface area contributed by atoms with Crippen molar-refractivity contribution in [3.05, 3.63) is 22.2 Å². The first-order chi connectivity index (χ1) is 8.70. The Kier molecular flexibility index (Phi) is 4.86. The Balaban J connectivity index is 1.90. The molecule has 2 N–H and O–H groups in total. The summed E-state index contributed by atoms with van der Waals surface area (Å²) in [5, 5.41) is 12.2. The largest absolute Gasteiger partial charge is 0.454 e. The number of hydrogen-bond donors (Lipinski definition) is 2. The summed E-state index contributed by atoms with van der Waals surface area (Å²) in [5.74, 6) is 2.07. The van der Waals surface area contributed by atoms with E-state index in [9.17, 15) is 0 Å². The van der Waals surface area contributed by atoms with Crippen LogP contribution in [0, 0.1) is 5.92 Å². The molecular weight excluding hydrogens is 298 g/mol. The summed E-state index contributed by atoms with van der Waals surface area (Å²) < 4.78 is 11.7. The van der Waals surface area contributed by atoms with Gasteiger partial charge < -0.3 is 19.9 Å². The molecule has 1 aliphatic rings. The van der Waals surface area contributed by atoms with Crippen LogP contribution in [0.15, 0.2) is 16.6 Å². The molecule has 1 unspecified atom stereocenters. The number of aliphatic hydroxyl groups is 1. The highest BCUT2D eigenvalue weighted by molar-refractivity contribution is 9.10. The zero-order valence-corrected chi connectivity index (χ0v) is 12.0. The molecule has 0 radical (unpaired) electrons. The van der Waals surface area contributed by atoms with E-state index in [-0.39, 0.29) is 6.61 Å². The van der Waals surface area contributed by atoms with Gasteiger partial charge in [0.05, 0.1) is 0 Å². The number of aliphatic hydroxyl groups excluding tert-OH is 1. The molecule has 0 saturated carbocycles. The Morgan fingerprint density at radius 1 is 1.39 bits per heavy atom. The van der Waals surface area contributed by atoms with Gasteiger partial charge in [0, 0.05) is 17.6 Å². The Labute approximate surface area is 115 Å². The highest BCUT2D eigenvalue weighted by Gasteiger charge is 2.16. The van der Waals surface area contributed by atoms with Crippen molar-refractivity contribution < 1.29 is 14.6 Å². The van der Waals surface area contributed by atoms with Gasteiger partial charge in [-0.05, 0) is 36.6 Å². The Bertz CT molecular complexity index is 411. The second-order valence-corrected chi connectivity index (χ2v) is 5.40. The zero-order chi connectivity index (χ0) is 13.0. The molecule has 0 aromatic heterocycles. The van der Waals surface area contributed by atoms with E-state index < -0.39 is 0 Å². The molecule has 1 aliphatic heterocycles. The van der Waals surface area contributed by atoms with Crippen molar-refractivity contribution in [1.82, 2.24) is 5.32 Å². The number of halogens is 1. The van der Waals surface area contributed by atoms with Crippen LogP contribution in [0.3, 0.4) is 0 Å². The fourth-order valence-corrected chi connectivity index (χ4v) is 2.33. The maximum atomic E-state index is 8.84. The quantitative estimate of drug-likeness (QED) is 0.845. The predicted molar refractivity (Wildman–Crippen MR) is 72.8 cm³/mol. The monoisotopic (exact) mass is 315 g/mol. The normalized spacial score (nSPS) is 14.8. The summed E-state index contributed by atoms with van der Waals surface area (Å²) in [6.45, 7) is 4.33. The van der Waals surface area contributed by atoms with E-state index in [0.717, 1.165) is 41.0 Å². The second-order valence-electron chi connectivity index (χ2n) is 4.55. The van der Waals surface area contributed by atoms with Crippen molar-refractivity contribution in [3.8, 4) is 11.5 Å². The maximum absolute atomic E-state index is 8.84. The molecule has 0 bridgehead atoms. The topological polar surface area (TPSA) is 50.7 Å². The van der Waals surface area contributed by atoms with Crippen molar-refractivity contribution >= 4 is 15.9 Å². The lowest BCUT2D eigenvalue weighted by molar-refractivity contribution is 0.174. The summed E-state index contributed by atoms with van der Waals surface area (Å²) in [6, 6.07) is 3.94. The van der Waals surface area contributed by atoms with Gasteiger partial charge in [0.15, 0.2) is 11.5 Å². The van der Waals surface area contributed by atoms with Gasteiger partial charge in [0.25, 0.3) is 0 Å². The van der Waals surface area contributed by atoms with Crippen molar-refractivity contribution in [2.45, 2.75) is 19.9 Å². The number of fused-ring (bicyclic) bond motifs is 1. The Hall–Kier alpha value is -0.780. The molecule has 4 nitrogen and oxygen atoms in total. The third-order valence-electron chi connectivity index (χ3n) is 2.97. The van der Waals surface area contributed by atoms with E-state index >= 15 is 0 Å². The van der Waals surface area contributed by atoms with Crippen LogP contribution in [0.5, 0.6) is 11.5 Å². The number of nitrogens with one attached hydrogen (secondary N) is 1. The van der Waals surface area contributed by atoms with E-state index in [4.69, 9.17) is 14.6 Å². The SMILES string of the molecule is CC(CCO)CNCc1cc2c(cc1Br)OCO2. The fraction of sp³-hybridized carbons (Fsp3) is 0.538. The van der Waals surface area contributed by atoms with Crippen LogP contribution < -0.4 is 14.8 Å². The van der Waals surface area contributed by atoms with E-state index in [1.54, 1.807) is 0 Å². The Morgan fingerprint density at radius 2 is 2.11 bits per heavy atom. The van der Waals surface area contributed by atoms with Gasteiger partial charge in [-0.15, -0.1) is 0 Å². The lowest BCUT2D eigenvalue weighted by Crippen LogP contribution is -2.21. The van der Waals surface area contributed by atoms with Gasteiger partial charge in [0.1, 0.15) is 0 Å². The second kappa shape index (κ2) is 6.41. The van der Waals surface area contributed by atoms with E-state index in [2.05, 4.69) is 28.2 Å². The average molecular weight is 316 g/mol. The Morgan fingerprint density at radius 3 is 2.83 bits per heavy atom. The highest BCUT2D eigenvalue weighted by atomic mass is 79.9. The first kappa shape index (κ1) is 13.6. The van der Waals surface area contributed by atoms with Crippen molar-refractivity contribution in [2.24, 2.45) is 5.92 Å². The third-order valence-corrected chi connectivity index (χ3v) is 3.71. The van der Waals surface area contributed by atoms with Crippen molar-refractivity contribution in [2.75, 3.05) is 19.9 Å². The molecule has 1 heterocycles. The number of benzene rings is 1. The summed E-state index contributed by atoms with van der Waals surface area (Å²) in [7, 11) is 0. The van der Waals surface area contributed by atoms with Gasteiger partial charge in [0.2, 0.25) is 6.79 Å². The van der Waals surface area contributed by atoms with Gasteiger partial charge in [-0.2, -0.15) is 0 Å². The summed E-state index contributed by atoms with van der Waals surface area (Å²) in [5.41, 5.74) is 1.15. The molecule has 5 heteroatoms. The fourth-order valence-electron chi connectivity index (χ4n) is 1.87. The average Bonchev–Trinajstić information content (AvgIpc) is 2.76. The maximum Gasteiger partial charge on any atom is 0.231 e. The van der Waals surface area contributed by atoms with Gasteiger partial charge in [-0.3, -0.25) is 0 Å². The molecule has 18 heavy (non-hydrogen) atoms. The molecule has 0 fully saturated rings. The molecule has 0 spiro atoms. The number of ether oxygens (including phenoxy) is 2. The minimum Gasteiger partial charge on any atom is -0.454 e. The molecule has 0 saturated heterocycles. The first-order valence-corrected chi connectivity index (χ1v) is 6.89. The molecule has 1 aromatic carbocycles. The van der Waals surface area contributed by atoms with E-state index in [1.807, 2.05) is 12.1 Å². The van der Waals surface area contributed by atoms with Crippen LogP contribution in [0.25, 0.3) is 0 Å². The number of hydrogen-bond acceptors (Lipinski definition) is 4. The van der Waals surface area contributed by atoms with Crippen LogP contribution >= 0.6 is 15.9 Å². The lowest BCUT2D eigenvalue weighted by Gasteiger charge is -2.12. The number of rotatable bonds is 6. The molecule has 1 aromatic rings. The molecule has 100 valence electrons. The zero-order valence-electron chi connectivity index (χ0n) is 10.4. The summed E-state index contributed by atoms with van der Waals surface area (Å²) >= 11 is 3.53. The molecular formula is C13H18BrNO3. The molecule has 2 rings (SSSR count).